The van der Waals surface area contributed by atoms with E-state index in [1.807, 2.05) is 81.4 Å². The van der Waals surface area contributed by atoms with Crippen molar-refractivity contribution < 1.29 is 19.0 Å². The molecule has 0 N–H and O–H groups in total. The van der Waals surface area contributed by atoms with E-state index in [2.05, 4.69) is 0 Å². The summed E-state index contributed by atoms with van der Waals surface area (Å²) in [4.78, 5) is 35.0. The summed E-state index contributed by atoms with van der Waals surface area (Å²) < 4.78 is 19.4. The molecule has 5 rings (SSSR count). The van der Waals surface area contributed by atoms with Crippen molar-refractivity contribution in [2.75, 3.05) is 27.3 Å². The van der Waals surface area contributed by atoms with Crippen LogP contribution in [0.25, 0.3) is 6.08 Å². The topological polar surface area (TPSA) is 82.4 Å². The number of allylic oxidation sites excluding steroid dienone is 1. The minimum atomic E-state index is -0.701. The van der Waals surface area contributed by atoms with Gasteiger partial charge in [-0.25, -0.2) is 4.99 Å². The number of fused-ring (bicyclic) bond motifs is 1. The third kappa shape index (κ3) is 6.02. The van der Waals surface area contributed by atoms with Crippen LogP contribution >= 0.6 is 22.9 Å². The molecule has 0 saturated heterocycles. The maximum Gasteiger partial charge on any atom is 0.271 e. The van der Waals surface area contributed by atoms with Gasteiger partial charge in [-0.2, -0.15) is 0 Å². The van der Waals surface area contributed by atoms with Gasteiger partial charge >= 0.3 is 0 Å². The van der Waals surface area contributed by atoms with Crippen LogP contribution in [0.15, 0.2) is 87.8 Å². The van der Waals surface area contributed by atoms with Gasteiger partial charge in [0.15, 0.2) is 16.3 Å². The molecule has 2 heterocycles. The molecule has 10 heteroatoms. The van der Waals surface area contributed by atoms with E-state index in [-0.39, 0.29) is 18.1 Å². The molecule has 228 valence electrons. The van der Waals surface area contributed by atoms with Gasteiger partial charge in [-0.3, -0.25) is 14.2 Å². The number of likely N-dealkylation sites (N-methyl/N-ethyl adjacent to an activating group) is 1. The Bertz CT molecular complexity index is 1910. The summed E-state index contributed by atoms with van der Waals surface area (Å²) in [5, 5.41) is 0.627. The van der Waals surface area contributed by atoms with Gasteiger partial charge in [0.2, 0.25) is 0 Å². The Morgan fingerprint density at radius 3 is 2.41 bits per heavy atom. The minimum Gasteiger partial charge on any atom is -0.496 e. The third-order valence-corrected chi connectivity index (χ3v) is 8.91. The Morgan fingerprint density at radius 2 is 1.70 bits per heavy atom. The fourth-order valence-corrected chi connectivity index (χ4v) is 6.52. The van der Waals surface area contributed by atoms with E-state index >= 15 is 0 Å². The van der Waals surface area contributed by atoms with E-state index in [9.17, 15) is 9.59 Å². The normalized spacial score (nSPS) is 14.6. The first-order chi connectivity index (χ1) is 21.3. The standard InChI is InChI=1S/C34H34ClN3O5S/c1-6-37(7-2)33(40)30-21(3)36-34-38(31(30)24-13-9-11-15-26(24)41-4)32(39)29(44-34)19-22-16-17-27(28(18-22)42-5)43-20-23-12-8-10-14-25(23)35/h8-19,31H,6-7,20H2,1-5H3/b29-19+/t31-/m0/s1. The van der Waals surface area contributed by atoms with Gasteiger partial charge in [0.05, 0.1) is 30.0 Å². The molecule has 1 amide bonds. The minimum absolute atomic E-state index is 0.154. The predicted octanol–water partition coefficient (Wildman–Crippen LogP) is 5.35. The van der Waals surface area contributed by atoms with Crippen molar-refractivity contribution in [3.8, 4) is 17.2 Å². The number of thiazole rings is 1. The summed E-state index contributed by atoms with van der Waals surface area (Å²) in [6, 6.07) is 19.8. The smallest absolute Gasteiger partial charge is 0.271 e. The van der Waals surface area contributed by atoms with E-state index in [1.165, 1.54) is 11.3 Å². The van der Waals surface area contributed by atoms with E-state index in [0.29, 0.717) is 61.5 Å². The van der Waals surface area contributed by atoms with Crippen LogP contribution in [-0.4, -0.2) is 42.7 Å². The van der Waals surface area contributed by atoms with Crippen LogP contribution in [0.1, 0.15) is 43.5 Å². The molecule has 1 aliphatic heterocycles. The monoisotopic (exact) mass is 631 g/mol. The molecule has 8 nitrogen and oxygen atoms in total. The van der Waals surface area contributed by atoms with Crippen LogP contribution in [0.2, 0.25) is 5.02 Å². The summed E-state index contributed by atoms with van der Waals surface area (Å²) in [5.41, 5.74) is 3.11. The van der Waals surface area contributed by atoms with E-state index in [1.54, 1.807) is 35.8 Å². The highest BCUT2D eigenvalue weighted by Crippen LogP contribution is 2.36. The van der Waals surface area contributed by atoms with Crippen molar-refractivity contribution in [1.82, 2.24) is 9.47 Å². The number of carbonyl (C=O) groups excluding carboxylic acids is 1. The number of ether oxygens (including phenoxy) is 3. The van der Waals surface area contributed by atoms with Gasteiger partial charge in [0, 0.05) is 29.2 Å². The summed E-state index contributed by atoms with van der Waals surface area (Å²) in [6.07, 6.45) is 1.80. The van der Waals surface area contributed by atoms with Crippen LogP contribution in [0.3, 0.4) is 0 Å². The summed E-state index contributed by atoms with van der Waals surface area (Å²) in [7, 11) is 3.15. The number of methoxy groups -OCH3 is 2. The zero-order valence-corrected chi connectivity index (χ0v) is 26.9. The van der Waals surface area contributed by atoms with Gasteiger partial charge in [0.1, 0.15) is 18.4 Å². The summed E-state index contributed by atoms with van der Waals surface area (Å²) in [6.45, 7) is 7.05. The van der Waals surface area contributed by atoms with Crippen molar-refractivity contribution >= 4 is 34.9 Å². The number of halogens is 1. The Hall–Kier alpha value is -4.34. The van der Waals surface area contributed by atoms with Crippen LogP contribution in [0.4, 0.5) is 0 Å². The first-order valence-electron chi connectivity index (χ1n) is 14.3. The highest BCUT2D eigenvalue weighted by molar-refractivity contribution is 7.07. The fraction of sp³-hybridized carbons (Fsp3) is 0.265. The van der Waals surface area contributed by atoms with Crippen molar-refractivity contribution in [3.05, 3.63) is 119 Å². The molecule has 0 bridgehead atoms. The maximum absolute atomic E-state index is 14.1. The van der Waals surface area contributed by atoms with Crippen molar-refractivity contribution in [2.45, 2.75) is 33.4 Å². The second-order valence-electron chi connectivity index (χ2n) is 10.1. The Labute approximate surface area is 265 Å². The van der Waals surface area contributed by atoms with Gasteiger partial charge in [-0.15, -0.1) is 0 Å². The van der Waals surface area contributed by atoms with Crippen molar-refractivity contribution in [3.63, 3.8) is 0 Å². The van der Waals surface area contributed by atoms with E-state index < -0.39 is 6.04 Å². The molecule has 4 aromatic rings. The fourth-order valence-electron chi connectivity index (χ4n) is 5.28. The Balaban J connectivity index is 1.59. The molecule has 44 heavy (non-hydrogen) atoms. The highest BCUT2D eigenvalue weighted by atomic mass is 35.5. The number of rotatable bonds is 10. The first-order valence-corrected chi connectivity index (χ1v) is 15.5. The number of aromatic nitrogens is 1. The lowest BCUT2D eigenvalue weighted by Crippen LogP contribution is -2.43. The van der Waals surface area contributed by atoms with Crippen LogP contribution in [-0.2, 0) is 11.4 Å². The summed E-state index contributed by atoms with van der Waals surface area (Å²) in [5.74, 6) is 1.51. The lowest BCUT2D eigenvalue weighted by atomic mass is 9.94. The number of benzene rings is 3. The largest absolute Gasteiger partial charge is 0.496 e. The Kier molecular flexibility index (Phi) is 9.56. The lowest BCUT2D eigenvalue weighted by molar-refractivity contribution is -0.127. The van der Waals surface area contributed by atoms with E-state index in [0.717, 1.165) is 11.1 Å². The zero-order valence-electron chi connectivity index (χ0n) is 25.3. The van der Waals surface area contributed by atoms with Crippen molar-refractivity contribution in [1.29, 1.82) is 0 Å². The van der Waals surface area contributed by atoms with Crippen LogP contribution in [0.5, 0.6) is 17.2 Å². The van der Waals surface area contributed by atoms with Crippen LogP contribution < -0.4 is 29.1 Å². The number of carbonyl (C=O) groups is 1. The average Bonchev–Trinajstić information content (AvgIpc) is 3.34. The molecular formula is C34H34ClN3O5S. The molecular weight excluding hydrogens is 598 g/mol. The first kappa shape index (κ1) is 31.1. The average molecular weight is 632 g/mol. The Morgan fingerprint density at radius 1 is 1.00 bits per heavy atom. The molecule has 0 fully saturated rings. The van der Waals surface area contributed by atoms with Gasteiger partial charge < -0.3 is 19.1 Å². The summed E-state index contributed by atoms with van der Waals surface area (Å²) >= 11 is 7.56. The molecule has 0 spiro atoms. The zero-order chi connectivity index (χ0) is 31.4. The molecule has 3 aromatic carbocycles. The van der Waals surface area contributed by atoms with Crippen molar-refractivity contribution in [2.24, 2.45) is 4.99 Å². The SMILES string of the molecule is CCN(CC)C(=O)C1=C(C)N=c2s/c(=C/c3ccc(OCc4ccccc4Cl)c(OC)c3)c(=O)n2[C@H]1c1ccccc1OC. The maximum atomic E-state index is 14.1. The molecule has 0 saturated carbocycles. The molecule has 1 aliphatic rings. The van der Waals surface area contributed by atoms with Gasteiger partial charge in [-0.05, 0) is 56.7 Å². The number of nitrogens with zero attached hydrogens (tertiary/aromatic N) is 3. The number of amides is 1. The molecule has 0 radical (unpaired) electrons. The highest BCUT2D eigenvalue weighted by Gasteiger charge is 2.35. The number of hydrogen-bond donors (Lipinski definition) is 0. The van der Waals surface area contributed by atoms with E-state index in [4.69, 9.17) is 30.8 Å². The second-order valence-corrected chi connectivity index (χ2v) is 11.5. The lowest BCUT2D eigenvalue weighted by Gasteiger charge is -2.29. The van der Waals surface area contributed by atoms with Gasteiger partial charge in [-0.1, -0.05) is 65.4 Å². The number of para-hydroxylation sites is 1. The molecule has 0 aliphatic carbocycles. The van der Waals surface area contributed by atoms with Crippen LogP contribution in [0, 0.1) is 0 Å². The third-order valence-electron chi connectivity index (χ3n) is 7.56. The number of hydrogen-bond acceptors (Lipinski definition) is 7. The molecule has 1 aromatic heterocycles. The molecule has 0 unspecified atom stereocenters. The quantitative estimate of drug-likeness (QED) is 0.236. The predicted molar refractivity (Wildman–Crippen MR) is 173 cm³/mol. The molecule has 1 atom stereocenters. The second kappa shape index (κ2) is 13.5. The van der Waals surface area contributed by atoms with Gasteiger partial charge in [0.25, 0.3) is 11.5 Å².